The van der Waals surface area contributed by atoms with Gasteiger partial charge in [0, 0.05) is 18.0 Å². The molecule has 6 heteroatoms. The molecule has 0 saturated heterocycles. The molecule has 0 heterocycles. The molecule has 0 fully saturated rings. The number of carbonyl (C=O) groups excluding carboxylic acids is 1. The zero-order valence-electron chi connectivity index (χ0n) is 10.2. The van der Waals surface area contributed by atoms with E-state index in [1.165, 1.54) is 0 Å². The Morgan fingerprint density at radius 3 is 2.21 bits per heavy atom. The van der Waals surface area contributed by atoms with E-state index in [0.29, 0.717) is 5.56 Å². The van der Waals surface area contributed by atoms with Gasteiger partial charge in [-0.25, -0.2) is 0 Å². The second kappa shape index (κ2) is 7.15. The van der Waals surface area contributed by atoms with Crippen LogP contribution in [0.15, 0.2) is 30.3 Å². The monoisotopic (exact) mass is 265 g/mol. The number of benzene rings is 1. The van der Waals surface area contributed by atoms with E-state index >= 15 is 0 Å². The summed E-state index contributed by atoms with van der Waals surface area (Å²) in [7, 11) is 0. The highest BCUT2D eigenvalue weighted by Crippen LogP contribution is 2.05. The molecule has 0 aliphatic rings. The highest BCUT2D eigenvalue weighted by Gasteiger charge is 2.17. The van der Waals surface area contributed by atoms with Crippen molar-refractivity contribution in [2.24, 2.45) is 0 Å². The maximum atomic E-state index is 11.8. The van der Waals surface area contributed by atoms with Crippen LogP contribution in [0, 0.1) is 0 Å². The average Bonchev–Trinajstić information content (AvgIpc) is 2.36. The van der Waals surface area contributed by atoms with Crippen molar-refractivity contribution in [1.82, 2.24) is 5.32 Å². The maximum Gasteiger partial charge on any atom is 0.305 e. The zero-order valence-corrected chi connectivity index (χ0v) is 10.2. The minimum absolute atomic E-state index is 0.0835. The van der Waals surface area contributed by atoms with E-state index < -0.39 is 23.9 Å². The number of nitrogens with one attached hydrogen (secondary N) is 1. The van der Waals surface area contributed by atoms with Gasteiger partial charge in [-0.15, -0.1) is 0 Å². The lowest BCUT2D eigenvalue weighted by molar-refractivity contribution is -0.139. The highest BCUT2D eigenvalue weighted by atomic mass is 16.4. The summed E-state index contributed by atoms with van der Waals surface area (Å²) in [6.07, 6.45) is -0.404. The molecule has 0 unspecified atom stereocenters. The van der Waals surface area contributed by atoms with E-state index in [-0.39, 0.29) is 19.3 Å². The van der Waals surface area contributed by atoms with Gasteiger partial charge in [-0.05, 0) is 18.6 Å². The lowest BCUT2D eigenvalue weighted by atomic mass is 10.1. The molecular weight excluding hydrogens is 250 g/mol. The number of hydrogen-bond donors (Lipinski definition) is 3. The number of carbonyl (C=O) groups is 3. The van der Waals surface area contributed by atoms with E-state index in [9.17, 15) is 14.4 Å². The van der Waals surface area contributed by atoms with Gasteiger partial charge in [-0.3, -0.25) is 14.4 Å². The fourth-order valence-electron chi connectivity index (χ4n) is 1.59. The topological polar surface area (TPSA) is 104 Å². The molecule has 3 N–H and O–H groups in total. The van der Waals surface area contributed by atoms with E-state index in [0.717, 1.165) is 0 Å². The molecule has 0 aliphatic carbocycles. The third-order valence-electron chi connectivity index (χ3n) is 2.50. The van der Waals surface area contributed by atoms with Gasteiger partial charge in [0.1, 0.15) is 0 Å². The predicted octanol–water partition coefficient (Wildman–Crippen LogP) is 1.12. The van der Waals surface area contributed by atoms with Crippen LogP contribution in [0.1, 0.15) is 29.6 Å². The first-order valence-electron chi connectivity index (χ1n) is 5.78. The third kappa shape index (κ3) is 5.67. The molecule has 1 rings (SSSR count). The van der Waals surface area contributed by atoms with Crippen LogP contribution < -0.4 is 5.32 Å². The average molecular weight is 265 g/mol. The predicted molar refractivity (Wildman–Crippen MR) is 66.8 cm³/mol. The Labute approximate surface area is 110 Å². The number of aliphatic carboxylic acids is 2. The molecule has 6 nitrogen and oxygen atoms in total. The molecule has 1 aromatic rings. The van der Waals surface area contributed by atoms with Crippen molar-refractivity contribution >= 4 is 17.8 Å². The van der Waals surface area contributed by atoms with Crippen molar-refractivity contribution in [2.75, 3.05) is 0 Å². The summed E-state index contributed by atoms with van der Waals surface area (Å²) in [5.74, 6) is -2.51. The molecular formula is C13H15NO5. The Morgan fingerprint density at radius 2 is 1.68 bits per heavy atom. The first kappa shape index (κ1) is 14.7. The molecule has 19 heavy (non-hydrogen) atoms. The van der Waals surface area contributed by atoms with Crippen LogP contribution in [0.4, 0.5) is 0 Å². The molecule has 0 saturated carbocycles. The minimum Gasteiger partial charge on any atom is -0.481 e. The van der Waals surface area contributed by atoms with Crippen molar-refractivity contribution in [3.05, 3.63) is 35.9 Å². The molecule has 0 spiro atoms. The van der Waals surface area contributed by atoms with Crippen LogP contribution in [0.2, 0.25) is 0 Å². The summed E-state index contributed by atoms with van der Waals surface area (Å²) in [5, 5.41) is 19.9. The summed E-state index contributed by atoms with van der Waals surface area (Å²) in [6.45, 7) is 0. The van der Waals surface area contributed by atoms with E-state index in [1.807, 2.05) is 0 Å². The van der Waals surface area contributed by atoms with Crippen LogP contribution in [0.3, 0.4) is 0 Å². The number of amides is 1. The fourth-order valence-corrected chi connectivity index (χ4v) is 1.59. The second-order valence-electron chi connectivity index (χ2n) is 4.07. The lowest BCUT2D eigenvalue weighted by Gasteiger charge is -2.16. The van der Waals surface area contributed by atoms with Gasteiger partial charge in [-0.2, -0.15) is 0 Å². The first-order chi connectivity index (χ1) is 8.99. The number of rotatable bonds is 7. The van der Waals surface area contributed by atoms with Crippen LogP contribution in [-0.4, -0.2) is 34.1 Å². The quantitative estimate of drug-likeness (QED) is 0.685. The van der Waals surface area contributed by atoms with Crippen LogP contribution >= 0.6 is 0 Å². The zero-order chi connectivity index (χ0) is 14.3. The van der Waals surface area contributed by atoms with Gasteiger partial charge in [0.15, 0.2) is 0 Å². The molecule has 1 amide bonds. The second-order valence-corrected chi connectivity index (χ2v) is 4.07. The van der Waals surface area contributed by atoms with Crippen molar-refractivity contribution < 1.29 is 24.6 Å². The molecule has 1 atom stereocenters. The lowest BCUT2D eigenvalue weighted by Crippen LogP contribution is -2.36. The van der Waals surface area contributed by atoms with Crippen LogP contribution in [0.25, 0.3) is 0 Å². The Kier molecular flexibility index (Phi) is 5.53. The van der Waals surface area contributed by atoms with Gasteiger partial charge >= 0.3 is 11.9 Å². The smallest absolute Gasteiger partial charge is 0.305 e. The van der Waals surface area contributed by atoms with Crippen molar-refractivity contribution in [2.45, 2.75) is 25.3 Å². The Hall–Kier alpha value is -2.37. The number of hydrogen-bond acceptors (Lipinski definition) is 3. The Bertz CT molecular complexity index is 457. The third-order valence-corrected chi connectivity index (χ3v) is 2.50. The van der Waals surface area contributed by atoms with Crippen LogP contribution in [0.5, 0.6) is 0 Å². The minimum atomic E-state index is -1.08. The summed E-state index contributed by atoms with van der Waals surface area (Å²) in [6, 6.07) is 7.66. The molecule has 0 bridgehead atoms. The van der Waals surface area contributed by atoms with E-state index in [4.69, 9.17) is 10.2 Å². The van der Waals surface area contributed by atoms with Crippen molar-refractivity contribution in [1.29, 1.82) is 0 Å². The van der Waals surface area contributed by atoms with Gasteiger partial charge in [0.2, 0.25) is 0 Å². The number of carboxylic acid groups (broad SMARTS) is 2. The van der Waals surface area contributed by atoms with Crippen molar-refractivity contribution in [3.8, 4) is 0 Å². The van der Waals surface area contributed by atoms with Gasteiger partial charge in [-0.1, -0.05) is 18.2 Å². The summed E-state index contributed by atoms with van der Waals surface area (Å²) in [5.41, 5.74) is 0.410. The normalized spacial score (nSPS) is 11.6. The largest absolute Gasteiger partial charge is 0.481 e. The SMILES string of the molecule is O=C(O)CC[C@H](CC(=O)O)NC(=O)c1ccccc1. The molecule has 0 aromatic heterocycles. The van der Waals surface area contributed by atoms with Crippen molar-refractivity contribution in [3.63, 3.8) is 0 Å². The van der Waals surface area contributed by atoms with Crippen LogP contribution in [-0.2, 0) is 9.59 Å². The van der Waals surface area contributed by atoms with E-state index in [1.54, 1.807) is 30.3 Å². The Balaban J connectivity index is 2.63. The molecule has 0 radical (unpaired) electrons. The summed E-state index contributed by atoms with van der Waals surface area (Å²) < 4.78 is 0. The molecule has 0 aliphatic heterocycles. The molecule has 102 valence electrons. The highest BCUT2D eigenvalue weighted by molar-refractivity contribution is 5.94. The summed E-state index contributed by atoms with van der Waals surface area (Å²) >= 11 is 0. The first-order valence-corrected chi connectivity index (χ1v) is 5.78. The summed E-state index contributed by atoms with van der Waals surface area (Å²) in [4.78, 5) is 33.0. The van der Waals surface area contributed by atoms with Gasteiger partial charge in [0.25, 0.3) is 5.91 Å². The standard InChI is InChI=1S/C13H15NO5/c15-11(16)7-6-10(8-12(17)18)14-13(19)9-4-2-1-3-5-9/h1-5,10H,6-8H2,(H,14,19)(H,15,16)(H,17,18)/t10-/m1/s1. The van der Waals surface area contributed by atoms with Gasteiger partial charge in [0.05, 0.1) is 6.42 Å². The van der Waals surface area contributed by atoms with Gasteiger partial charge < -0.3 is 15.5 Å². The number of carboxylic acids is 2. The molecule has 1 aromatic carbocycles. The maximum absolute atomic E-state index is 11.8. The fraction of sp³-hybridized carbons (Fsp3) is 0.308. The Morgan fingerprint density at radius 1 is 1.05 bits per heavy atom. The van der Waals surface area contributed by atoms with E-state index in [2.05, 4.69) is 5.32 Å².